The highest BCUT2D eigenvalue weighted by atomic mass is 16.5. The zero-order chi connectivity index (χ0) is 24.4. The van der Waals surface area contributed by atoms with E-state index < -0.39 is 0 Å². The quantitative estimate of drug-likeness (QED) is 0.369. The topological polar surface area (TPSA) is 105 Å². The van der Waals surface area contributed by atoms with Crippen molar-refractivity contribution in [1.29, 1.82) is 0 Å². The second-order valence-corrected chi connectivity index (χ2v) is 9.76. The molecule has 1 aliphatic carbocycles. The molecule has 35 heavy (non-hydrogen) atoms. The van der Waals surface area contributed by atoms with Crippen LogP contribution in [0.25, 0.3) is 22.0 Å². The first-order chi connectivity index (χ1) is 16.9. The summed E-state index contributed by atoms with van der Waals surface area (Å²) in [5, 5.41) is 17.3. The highest BCUT2D eigenvalue weighted by Gasteiger charge is 2.29. The van der Waals surface area contributed by atoms with Crippen molar-refractivity contribution >= 4 is 28.4 Å². The number of nitrogens with one attached hydrogen (secondary N) is 3. The fourth-order valence-electron chi connectivity index (χ4n) is 5.43. The molecule has 4 aromatic rings. The lowest BCUT2D eigenvalue weighted by Crippen LogP contribution is -2.28. The third kappa shape index (κ3) is 3.32. The van der Waals surface area contributed by atoms with Crippen LogP contribution >= 0.6 is 0 Å². The second kappa shape index (κ2) is 7.90. The Kier molecular flexibility index (Phi) is 4.91. The Bertz CT molecular complexity index is 1470. The van der Waals surface area contributed by atoms with E-state index in [-0.39, 0.29) is 12.2 Å². The average molecular weight is 474 g/mol. The number of ether oxygens (including phenoxy) is 1. The number of H-pyrrole nitrogens is 1. The van der Waals surface area contributed by atoms with Crippen LogP contribution in [0, 0.1) is 13.8 Å². The van der Waals surface area contributed by atoms with Crippen molar-refractivity contribution < 1.29 is 9.26 Å². The number of aliphatic imine (C=N–C) groups is 1. The number of fused-ring (bicyclic) bond motifs is 4. The van der Waals surface area contributed by atoms with Crippen LogP contribution in [0.2, 0.25) is 0 Å². The van der Waals surface area contributed by atoms with Crippen LogP contribution in [-0.2, 0) is 12.8 Å². The number of hydrogen-bond acceptors (Lipinski definition) is 7. The van der Waals surface area contributed by atoms with Crippen molar-refractivity contribution in [2.45, 2.75) is 66.1 Å². The van der Waals surface area contributed by atoms with Gasteiger partial charge in [0.1, 0.15) is 35.1 Å². The van der Waals surface area contributed by atoms with Crippen LogP contribution in [0.15, 0.2) is 21.6 Å². The molecule has 0 bridgehead atoms. The molecule has 9 nitrogen and oxygen atoms in total. The first-order valence-electron chi connectivity index (χ1n) is 12.2. The zero-order valence-corrected chi connectivity index (χ0v) is 21.0. The van der Waals surface area contributed by atoms with Crippen molar-refractivity contribution in [3.05, 3.63) is 40.4 Å². The first kappa shape index (κ1) is 21.8. The fourth-order valence-corrected chi connectivity index (χ4v) is 5.43. The summed E-state index contributed by atoms with van der Waals surface area (Å²) in [7, 11) is 1.69. The maximum atomic E-state index is 5.84. The molecule has 0 spiro atoms. The minimum atomic E-state index is -0.0783. The second-order valence-electron chi connectivity index (χ2n) is 9.76. The van der Waals surface area contributed by atoms with E-state index in [0.717, 1.165) is 81.5 Å². The summed E-state index contributed by atoms with van der Waals surface area (Å²) in [6, 6.07) is 4.44. The van der Waals surface area contributed by atoms with E-state index in [9.17, 15) is 0 Å². The number of aromatic amines is 1. The Balaban J connectivity index is 1.51. The molecule has 0 amide bonds. The molecule has 0 radical (unpaired) electrons. The minimum absolute atomic E-state index is 0.0783. The predicted molar refractivity (Wildman–Crippen MR) is 138 cm³/mol. The SMILES string of the molecule is COc1cc2c3c([nH]c2cc1-c1c(C)noc1C)NC(C)N=C3Nc1c2c(nn1C(C)C)CCC2. The third-order valence-electron chi connectivity index (χ3n) is 6.99. The molecular weight excluding hydrogens is 442 g/mol. The summed E-state index contributed by atoms with van der Waals surface area (Å²) in [4.78, 5) is 8.55. The standard InChI is InChI=1S/C26H31N7O2/c1-12(2)33-26(16-8-7-9-19(16)31-33)30-25-23-17-11-21(34-6)18(22-13(3)32-35-14(22)4)10-20(17)29-24(23)27-15(5)28-25/h10-12,15,27,29H,7-9H2,1-6H3,(H,28,30). The lowest BCUT2D eigenvalue weighted by Gasteiger charge is -2.23. The van der Waals surface area contributed by atoms with E-state index in [1.165, 1.54) is 11.3 Å². The highest BCUT2D eigenvalue weighted by molar-refractivity contribution is 6.21. The van der Waals surface area contributed by atoms with Gasteiger partial charge in [-0.25, -0.2) is 9.67 Å². The molecular formula is C26H31N7O2. The lowest BCUT2D eigenvalue weighted by atomic mass is 10.00. The van der Waals surface area contributed by atoms with Crippen molar-refractivity contribution in [1.82, 2.24) is 19.9 Å². The van der Waals surface area contributed by atoms with E-state index >= 15 is 0 Å². The maximum Gasteiger partial charge on any atom is 0.141 e. The van der Waals surface area contributed by atoms with Gasteiger partial charge in [0.05, 0.1) is 29.6 Å². The van der Waals surface area contributed by atoms with Crippen LogP contribution in [-0.4, -0.2) is 39.0 Å². The molecule has 0 saturated carbocycles. The number of anilines is 2. The Morgan fingerprint density at radius 3 is 2.74 bits per heavy atom. The molecule has 1 aliphatic heterocycles. The molecule has 1 aromatic carbocycles. The van der Waals surface area contributed by atoms with Gasteiger partial charge in [0.15, 0.2) is 0 Å². The number of methoxy groups -OCH3 is 1. The largest absolute Gasteiger partial charge is 0.496 e. The van der Waals surface area contributed by atoms with Gasteiger partial charge in [-0.2, -0.15) is 5.10 Å². The summed E-state index contributed by atoms with van der Waals surface area (Å²) in [6.45, 7) is 10.3. The highest BCUT2D eigenvalue weighted by Crippen LogP contribution is 2.41. The van der Waals surface area contributed by atoms with Gasteiger partial charge in [0.25, 0.3) is 0 Å². The summed E-state index contributed by atoms with van der Waals surface area (Å²) in [5.74, 6) is 4.36. The van der Waals surface area contributed by atoms with Crippen LogP contribution in [0.3, 0.4) is 0 Å². The molecule has 182 valence electrons. The van der Waals surface area contributed by atoms with Crippen molar-refractivity contribution in [2.24, 2.45) is 4.99 Å². The number of aryl methyl sites for hydroxylation is 3. The van der Waals surface area contributed by atoms with E-state index in [1.54, 1.807) is 7.11 Å². The summed E-state index contributed by atoms with van der Waals surface area (Å²) >= 11 is 0. The summed E-state index contributed by atoms with van der Waals surface area (Å²) in [6.07, 6.45) is 3.15. The predicted octanol–water partition coefficient (Wildman–Crippen LogP) is 5.34. The first-order valence-corrected chi connectivity index (χ1v) is 12.2. The Hall–Kier alpha value is -3.75. The molecule has 6 rings (SSSR count). The molecule has 0 saturated heterocycles. The van der Waals surface area contributed by atoms with Gasteiger partial charge in [-0.1, -0.05) is 5.16 Å². The van der Waals surface area contributed by atoms with Gasteiger partial charge in [-0.05, 0) is 66.0 Å². The normalized spacial score (nSPS) is 16.9. The molecule has 1 unspecified atom stereocenters. The van der Waals surface area contributed by atoms with E-state index in [4.69, 9.17) is 19.4 Å². The van der Waals surface area contributed by atoms with Gasteiger partial charge in [0, 0.05) is 28.1 Å². The van der Waals surface area contributed by atoms with Gasteiger partial charge >= 0.3 is 0 Å². The number of hydrogen-bond donors (Lipinski definition) is 3. The zero-order valence-electron chi connectivity index (χ0n) is 21.0. The maximum absolute atomic E-state index is 5.84. The molecule has 2 aliphatic rings. The number of aromatic nitrogens is 4. The summed E-state index contributed by atoms with van der Waals surface area (Å²) < 4.78 is 13.4. The molecule has 4 heterocycles. The van der Waals surface area contributed by atoms with Crippen LogP contribution in [0.4, 0.5) is 11.6 Å². The smallest absolute Gasteiger partial charge is 0.141 e. The number of amidine groups is 1. The van der Waals surface area contributed by atoms with Crippen LogP contribution < -0.4 is 15.4 Å². The summed E-state index contributed by atoms with van der Waals surface area (Å²) in [5.41, 5.74) is 7.25. The van der Waals surface area contributed by atoms with E-state index in [2.05, 4.69) is 58.4 Å². The van der Waals surface area contributed by atoms with E-state index in [1.807, 2.05) is 13.8 Å². The van der Waals surface area contributed by atoms with Gasteiger partial charge < -0.3 is 24.9 Å². The third-order valence-corrected chi connectivity index (χ3v) is 6.99. The van der Waals surface area contributed by atoms with E-state index in [0.29, 0.717) is 0 Å². The van der Waals surface area contributed by atoms with Gasteiger partial charge in [-0.15, -0.1) is 0 Å². The fraction of sp³-hybridized carbons (Fsp3) is 0.423. The molecule has 3 N–H and O–H groups in total. The Morgan fingerprint density at radius 1 is 1.20 bits per heavy atom. The van der Waals surface area contributed by atoms with Crippen molar-refractivity contribution in [3.63, 3.8) is 0 Å². The van der Waals surface area contributed by atoms with Gasteiger partial charge in [0.2, 0.25) is 0 Å². The monoisotopic (exact) mass is 473 g/mol. The molecule has 1 atom stereocenters. The van der Waals surface area contributed by atoms with Crippen LogP contribution in [0.5, 0.6) is 5.75 Å². The minimum Gasteiger partial charge on any atom is -0.496 e. The molecule has 0 fully saturated rings. The number of rotatable bonds is 4. The van der Waals surface area contributed by atoms with Gasteiger partial charge in [-0.3, -0.25) is 0 Å². The number of benzene rings is 1. The Morgan fingerprint density at radius 2 is 2.03 bits per heavy atom. The van der Waals surface area contributed by atoms with Crippen molar-refractivity contribution in [3.8, 4) is 16.9 Å². The van der Waals surface area contributed by atoms with Crippen molar-refractivity contribution in [2.75, 3.05) is 17.7 Å². The molecule has 9 heteroatoms. The van der Waals surface area contributed by atoms with Crippen LogP contribution in [0.1, 0.15) is 61.5 Å². The lowest BCUT2D eigenvalue weighted by molar-refractivity contribution is 0.393. The number of nitrogens with zero attached hydrogens (tertiary/aromatic N) is 4. The average Bonchev–Trinajstić information content (AvgIpc) is 3.56. The Labute approximate surface area is 203 Å². The molecule has 3 aromatic heterocycles.